The van der Waals surface area contributed by atoms with E-state index >= 15 is 0 Å². The number of rotatable bonds is 2. The summed E-state index contributed by atoms with van der Waals surface area (Å²) in [5.41, 5.74) is 0.855. The van der Waals surface area contributed by atoms with Crippen molar-refractivity contribution in [1.82, 2.24) is 20.2 Å². The van der Waals surface area contributed by atoms with Crippen molar-refractivity contribution in [3.05, 3.63) is 30.3 Å². The van der Waals surface area contributed by atoms with Crippen LogP contribution in [0.1, 0.15) is 6.92 Å². The molecule has 8 heteroatoms. The fourth-order valence-electron chi connectivity index (χ4n) is 2.25. The first-order valence-electron chi connectivity index (χ1n) is 6.38. The first kappa shape index (κ1) is 13.0. The summed E-state index contributed by atoms with van der Waals surface area (Å²) < 4.78 is 25.2. The Bertz CT molecular complexity index is 698. The summed E-state index contributed by atoms with van der Waals surface area (Å²) in [6.07, 6.45) is 0. The lowest BCUT2D eigenvalue weighted by Crippen LogP contribution is -2.46. The van der Waals surface area contributed by atoms with Crippen molar-refractivity contribution >= 4 is 15.8 Å². The topological polar surface area (TPSA) is 81.0 Å². The molecule has 0 amide bonds. The fourth-order valence-corrected chi connectivity index (χ4v) is 3.54. The summed E-state index contributed by atoms with van der Waals surface area (Å²) in [5.74, 6) is 0.716. The van der Waals surface area contributed by atoms with Gasteiger partial charge in [0, 0.05) is 13.1 Å². The van der Waals surface area contributed by atoms with E-state index in [9.17, 15) is 8.42 Å². The Morgan fingerprint density at radius 3 is 2.70 bits per heavy atom. The molecular weight excluding hydrogens is 278 g/mol. The third-order valence-electron chi connectivity index (χ3n) is 3.47. The Balaban J connectivity index is 1.92. The van der Waals surface area contributed by atoms with Gasteiger partial charge in [0.15, 0.2) is 9.84 Å². The first-order chi connectivity index (χ1) is 9.58. The number of anilines is 1. The first-order valence-corrected chi connectivity index (χ1v) is 8.10. The lowest BCUT2D eigenvalue weighted by molar-refractivity contribution is 0.566. The molecule has 106 valence electrons. The molecule has 0 saturated carbocycles. The van der Waals surface area contributed by atoms with Crippen LogP contribution in [0.2, 0.25) is 0 Å². The minimum absolute atomic E-state index is 0.135. The lowest BCUT2D eigenvalue weighted by Gasteiger charge is -2.30. The zero-order chi connectivity index (χ0) is 14.2. The fraction of sp³-hybridized carbons (Fsp3) is 0.417. The number of hydrogen-bond donors (Lipinski definition) is 0. The summed E-state index contributed by atoms with van der Waals surface area (Å²) in [5, 5.41) is 11.3. The normalized spacial score (nSPS) is 21.9. The van der Waals surface area contributed by atoms with Gasteiger partial charge in [0.05, 0.1) is 16.7 Å². The van der Waals surface area contributed by atoms with Crippen LogP contribution in [0.25, 0.3) is 5.69 Å². The highest BCUT2D eigenvalue weighted by Gasteiger charge is 2.31. The molecule has 20 heavy (non-hydrogen) atoms. The maximum atomic E-state index is 11.8. The largest absolute Gasteiger partial charge is 0.337 e. The molecule has 0 N–H and O–H groups in total. The molecule has 7 nitrogen and oxygen atoms in total. The Kier molecular flexibility index (Phi) is 3.17. The van der Waals surface area contributed by atoms with Crippen LogP contribution in [0.3, 0.4) is 0 Å². The highest BCUT2D eigenvalue weighted by Crippen LogP contribution is 2.20. The number of hydrogen-bond acceptors (Lipinski definition) is 6. The molecule has 1 aliphatic heterocycles. The molecule has 1 saturated heterocycles. The number of aromatic nitrogens is 4. The van der Waals surface area contributed by atoms with Gasteiger partial charge in [0.1, 0.15) is 0 Å². The van der Waals surface area contributed by atoms with E-state index in [2.05, 4.69) is 15.5 Å². The number of nitrogens with zero attached hydrogens (tertiary/aromatic N) is 5. The Hall–Kier alpha value is -1.96. The summed E-state index contributed by atoms with van der Waals surface area (Å²) in [7, 11) is -2.98. The second-order valence-electron chi connectivity index (χ2n) is 4.85. The molecule has 1 fully saturated rings. The standard InChI is InChI=1S/C12H15N5O2S/c1-10-9-16(7-8-20(10,18)19)12-13-14-15-17(12)11-5-3-2-4-6-11/h2-6,10H,7-9H2,1H3. The highest BCUT2D eigenvalue weighted by molar-refractivity contribution is 7.92. The van der Waals surface area contributed by atoms with Crippen molar-refractivity contribution in [3.63, 3.8) is 0 Å². The van der Waals surface area contributed by atoms with Crippen molar-refractivity contribution in [1.29, 1.82) is 0 Å². The van der Waals surface area contributed by atoms with Crippen molar-refractivity contribution in [2.75, 3.05) is 23.7 Å². The van der Waals surface area contributed by atoms with Crippen LogP contribution in [0.5, 0.6) is 0 Å². The average molecular weight is 293 g/mol. The second-order valence-corrected chi connectivity index (χ2v) is 7.39. The SMILES string of the molecule is CC1CN(c2nnnn2-c2ccccc2)CCS1(=O)=O. The van der Waals surface area contributed by atoms with Crippen molar-refractivity contribution in [2.24, 2.45) is 0 Å². The molecule has 1 unspecified atom stereocenters. The van der Waals surface area contributed by atoms with Gasteiger partial charge >= 0.3 is 0 Å². The molecule has 0 radical (unpaired) electrons. The van der Waals surface area contributed by atoms with Crippen LogP contribution in [0, 0.1) is 0 Å². The van der Waals surface area contributed by atoms with Crippen LogP contribution in [-0.2, 0) is 9.84 Å². The van der Waals surface area contributed by atoms with E-state index in [0.29, 0.717) is 19.0 Å². The van der Waals surface area contributed by atoms with Crippen molar-refractivity contribution in [3.8, 4) is 5.69 Å². The van der Waals surface area contributed by atoms with E-state index in [1.165, 1.54) is 0 Å². The number of tetrazole rings is 1. The summed E-state index contributed by atoms with van der Waals surface area (Å²) in [6, 6.07) is 9.55. The minimum atomic E-state index is -2.98. The molecular formula is C12H15N5O2S. The quantitative estimate of drug-likeness (QED) is 0.791. The molecule has 2 aromatic rings. The average Bonchev–Trinajstić information content (AvgIpc) is 2.92. The second kappa shape index (κ2) is 4.86. The zero-order valence-corrected chi connectivity index (χ0v) is 11.9. The van der Waals surface area contributed by atoms with Gasteiger partial charge in [0.25, 0.3) is 0 Å². The van der Waals surface area contributed by atoms with Gasteiger partial charge in [0.2, 0.25) is 5.95 Å². The lowest BCUT2D eigenvalue weighted by atomic mass is 10.3. The van der Waals surface area contributed by atoms with Crippen LogP contribution in [0.15, 0.2) is 30.3 Å². The molecule has 1 atom stereocenters. The highest BCUT2D eigenvalue weighted by atomic mass is 32.2. The third-order valence-corrected chi connectivity index (χ3v) is 5.60. The minimum Gasteiger partial charge on any atom is -0.337 e. The van der Waals surface area contributed by atoms with Crippen molar-refractivity contribution in [2.45, 2.75) is 12.2 Å². The van der Waals surface area contributed by atoms with E-state index in [-0.39, 0.29) is 5.75 Å². The smallest absolute Gasteiger partial charge is 0.250 e. The summed E-state index contributed by atoms with van der Waals surface area (Å²) in [6.45, 7) is 2.55. The zero-order valence-electron chi connectivity index (χ0n) is 11.0. The van der Waals surface area contributed by atoms with Crippen LogP contribution < -0.4 is 4.90 Å². The molecule has 3 rings (SSSR count). The molecule has 1 aliphatic rings. The van der Waals surface area contributed by atoms with E-state index in [0.717, 1.165) is 5.69 Å². The molecule has 0 bridgehead atoms. The summed E-state index contributed by atoms with van der Waals surface area (Å²) in [4.78, 5) is 1.92. The van der Waals surface area contributed by atoms with Gasteiger partial charge in [-0.15, -0.1) is 0 Å². The molecule has 0 aliphatic carbocycles. The number of benzene rings is 1. The molecule has 1 aromatic carbocycles. The van der Waals surface area contributed by atoms with Gasteiger partial charge in [-0.25, -0.2) is 8.42 Å². The summed E-state index contributed by atoms with van der Waals surface area (Å²) >= 11 is 0. The predicted octanol–water partition coefficient (Wildman–Crippen LogP) is 0.286. The molecule has 2 heterocycles. The monoisotopic (exact) mass is 293 g/mol. The number of sulfone groups is 1. The van der Waals surface area contributed by atoms with Crippen molar-refractivity contribution < 1.29 is 8.42 Å². The molecule has 0 spiro atoms. The van der Waals surface area contributed by atoms with Crippen LogP contribution in [0.4, 0.5) is 5.95 Å². The van der Waals surface area contributed by atoms with E-state index in [1.54, 1.807) is 11.6 Å². The predicted molar refractivity (Wildman–Crippen MR) is 74.6 cm³/mol. The van der Waals surface area contributed by atoms with Gasteiger partial charge < -0.3 is 4.90 Å². The van der Waals surface area contributed by atoms with Crippen LogP contribution >= 0.6 is 0 Å². The Morgan fingerprint density at radius 1 is 1.25 bits per heavy atom. The van der Waals surface area contributed by atoms with Gasteiger partial charge in [-0.1, -0.05) is 23.3 Å². The third kappa shape index (κ3) is 2.26. The van der Waals surface area contributed by atoms with E-state index in [4.69, 9.17) is 0 Å². The van der Waals surface area contributed by atoms with Gasteiger partial charge in [-0.05, 0) is 29.5 Å². The maximum Gasteiger partial charge on any atom is 0.250 e. The molecule has 1 aromatic heterocycles. The Morgan fingerprint density at radius 2 is 2.00 bits per heavy atom. The van der Waals surface area contributed by atoms with Crippen LogP contribution in [-0.4, -0.2) is 52.7 Å². The van der Waals surface area contributed by atoms with Gasteiger partial charge in [-0.2, -0.15) is 4.68 Å². The maximum absolute atomic E-state index is 11.8. The van der Waals surface area contributed by atoms with Gasteiger partial charge in [-0.3, -0.25) is 0 Å². The van der Waals surface area contributed by atoms with E-state index < -0.39 is 15.1 Å². The number of para-hydroxylation sites is 1. The Labute approximate surface area is 117 Å². The van der Waals surface area contributed by atoms with E-state index in [1.807, 2.05) is 35.2 Å².